The highest BCUT2D eigenvalue weighted by atomic mass is 16.5. The molecule has 0 aromatic heterocycles. The van der Waals surface area contributed by atoms with Crippen LogP contribution in [0.25, 0.3) is 0 Å². The van der Waals surface area contributed by atoms with Crippen molar-refractivity contribution in [1.82, 2.24) is 15.1 Å². The molecule has 2 aromatic rings. The number of rotatable bonds is 4. The van der Waals surface area contributed by atoms with E-state index in [0.29, 0.717) is 19.5 Å². The van der Waals surface area contributed by atoms with E-state index in [0.717, 1.165) is 47.5 Å². The number of urea groups is 1. The molecule has 1 N–H and O–H groups in total. The van der Waals surface area contributed by atoms with Gasteiger partial charge in [0.25, 0.3) is 0 Å². The summed E-state index contributed by atoms with van der Waals surface area (Å²) >= 11 is 0. The van der Waals surface area contributed by atoms with Crippen LogP contribution in [0.1, 0.15) is 55.0 Å². The van der Waals surface area contributed by atoms with E-state index in [2.05, 4.69) is 5.32 Å². The molecule has 34 heavy (non-hydrogen) atoms. The van der Waals surface area contributed by atoms with Crippen LogP contribution in [0.2, 0.25) is 0 Å². The van der Waals surface area contributed by atoms with Gasteiger partial charge in [0.2, 0.25) is 5.91 Å². The summed E-state index contributed by atoms with van der Waals surface area (Å²) in [6.45, 7) is 3.33. The maximum absolute atomic E-state index is 13.7. The van der Waals surface area contributed by atoms with Crippen molar-refractivity contribution < 1.29 is 19.1 Å². The predicted octanol–water partition coefficient (Wildman–Crippen LogP) is 4.08. The van der Waals surface area contributed by atoms with Crippen LogP contribution < -0.4 is 14.8 Å². The van der Waals surface area contributed by atoms with Gasteiger partial charge in [-0.3, -0.25) is 4.79 Å². The van der Waals surface area contributed by atoms with Gasteiger partial charge >= 0.3 is 6.03 Å². The Morgan fingerprint density at radius 1 is 1.06 bits per heavy atom. The van der Waals surface area contributed by atoms with Gasteiger partial charge in [0.15, 0.2) is 0 Å². The molecule has 0 spiro atoms. The second-order valence-electron chi connectivity index (χ2n) is 9.49. The molecular weight excluding hydrogens is 430 g/mol. The van der Waals surface area contributed by atoms with E-state index in [1.165, 1.54) is 0 Å². The van der Waals surface area contributed by atoms with E-state index in [-0.39, 0.29) is 36.0 Å². The van der Waals surface area contributed by atoms with Crippen LogP contribution in [0.15, 0.2) is 42.5 Å². The number of benzene rings is 2. The minimum Gasteiger partial charge on any atom is -0.496 e. The summed E-state index contributed by atoms with van der Waals surface area (Å²) in [5.74, 6) is 1.62. The standard InChI is InChI=1S/C27H33N3O4/c1-17(18-8-5-4-6-9-18)28-27(32)30-14-7-10-19-21(30)16-22-25-20(13-15-29(22)26(19)31)23(33-2)11-12-24(25)34-3/h4-6,8-9,11-12,17,19,21-22H,7,10,13-16H2,1-3H3,(H,28,32)/t17-,19+,21+,22+/m1/s1. The van der Waals surface area contributed by atoms with E-state index in [1.54, 1.807) is 14.2 Å². The number of piperidine rings is 2. The number of hydrogen-bond acceptors (Lipinski definition) is 4. The Kier molecular flexibility index (Phi) is 6.11. The second kappa shape index (κ2) is 9.20. The van der Waals surface area contributed by atoms with E-state index in [1.807, 2.05) is 59.2 Å². The van der Waals surface area contributed by atoms with Gasteiger partial charge in [-0.05, 0) is 50.3 Å². The van der Waals surface area contributed by atoms with Crippen molar-refractivity contribution >= 4 is 11.9 Å². The zero-order valence-electron chi connectivity index (χ0n) is 20.1. The van der Waals surface area contributed by atoms with E-state index >= 15 is 0 Å². The molecule has 0 radical (unpaired) electrons. The first-order chi connectivity index (χ1) is 16.5. The third kappa shape index (κ3) is 3.77. The average molecular weight is 464 g/mol. The molecule has 4 atom stereocenters. The molecule has 180 valence electrons. The summed E-state index contributed by atoms with van der Waals surface area (Å²) in [5, 5.41) is 3.16. The van der Waals surface area contributed by atoms with Crippen LogP contribution in [0.5, 0.6) is 11.5 Å². The average Bonchev–Trinajstić information content (AvgIpc) is 2.88. The predicted molar refractivity (Wildman–Crippen MR) is 129 cm³/mol. The summed E-state index contributed by atoms with van der Waals surface area (Å²) in [6.07, 6.45) is 3.12. The van der Waals surface area contributed by atoms with Crippen molar-refractivity contribution in [1.29, 1.82) is 0 Å². The molecule has 2 fully saturated rings. The summed E-state index contributed by atoms with van der Waals surface area (Å²) in [5.41, 5.74) is 3.20. The Bertz CT molecular complexity index is 1070. The number of carbonyl (C=O) groups is 2. The van der Waals surface area contributed by atoms with Gasteiger partial charge in [-0.1, -0.05) is 30.3 Å². The smallest absolute Gasteiger partial charge is 0.318 e. The Morgan fingerprint density at radius 2 is 1.79 bits per heavy atom. The Morgan fingerprint density at radius 3 is 2.53 bits per heavy atom. The number of carbonyl (C=O) groups excluding carboxylic acids is 2. The highest BCUT2D eigenvalue weighted by Gasteiger charge is 2.49. The van der Waals surface area contributed by atoms with Gasteiger partial charge in [-0.15, -0.1) is 0 Å². The maximum Gasteiger partial charge on any atom is 0.318 e. The topological polar surface area (TPSA) is 71.1 Å². The zero-order chi connectivity index (χ0) is 23.8. The largest absolute Gasteiger partial charge is 0.496 e. The van der Waals surface area contributed by atoms with Crippen LogP contribution in [0.3, 0.4) is 0 Å². The number of hydrogen-bond donors (Lipinski definition) is 1. The highest BCUT2D eigenvalue weighted by molar-refractivity contribution is 5.84. The lowest BCUT2D eigenvalue weighted by atomic mass is 9.75. The first-order valence-corrected chi connectivity index (χ1v) is 12.2. The summed E-state index contributed by atoms with van der Waals surface area (Å²) in [6, 6.07) is 13.4. The number of ether oxygens (including phenoxy) is 2. The Hall–Kier alpha value is -3.22. The van der Waals surface area contributed by atoms with Crippen LogP contribution in [0.4, 0.5) is 4.79 Å². The number of likely N-dealkylation sites (tertiary alicyclic amines) is 1. The molecule has 0 bridgehead atoms. The molecule has 3 heterocycles. The van der Waals surface area contributed by atoms with Gasteiger partial charge < -0.3 is 24.6 Å². The number of fused-ring (bicyclic) bond motifs is 4. The fourth-order valence-electron chi connectivity index (χ4n) is 6.09. The van der Waals surface area contributed by atoms with E-state index < -0.39 is 0 Å². The van der Waals surface area contributed by atoms with Crippen molar-refractivity contribution in [2.24, 2.45) is 5.92 Å². The van der Waals surface area contributed by atoms with Crippen molar-refractivity contribution in [3.63, 3.8) is 0 Å². The van der Waals surface area contributed by atoms with Crippen molar-refractivity contribution in [2.75, 3.05) is 27.3 Å². The van der Waals surface area contributed by atoms with Gasteiger partial charge in [0.05, 0.1) is 32.2 Å². The molecule has 0 aliphatic carbocycles. The first-order valence-electron chi connectivity index (χ1n) is 12.2. The van der Waals surface area contributed by atoms with Gasteiger partial charge in [-0.2, -0.15) is 0 Å². The number of nitrogens with zero attached hydrogens (tertiary/aromatic N) is 2. The van der Waals surface area contributed by atoms with Crippen molar-refractivity contribution in [3.05, 3.63) is 59.2 Å². The maximum atomic E-state index is 13.7. The normalized spacial score (nSPS) is 24.4. The lowest BCUT2D eigenvalue weighted by Crippen LogP contribution is -2.61. The zero-order valence-corrected chi connectivity index (χ0v) is 20.1. The van der Waals surface area contributed by atoms with Crippen LogP contribution in [-0.4, -0.2) is 55.1 Å². The molecule has 2 saturated heterocycles. The van der Waals surface area contributed by atoms with E-state index in [9.17, 15) is 9.59 Å². The van der Waals surface area contributed by atoms with Gasteiger partial charge in [0.1, 0.15) is 11.5 Å². The number of amides is 3. The molecule has 0 unspecified atom stereocenters. The quantitative estimate of drug-likeness (QED) is 0.742. The Balaban J connectivity index is 1.44. The molecule has 0 saturated carbocycles. The first kappa shape index (κ1) is 22.6. The molecule has 3 amide bonds. The molecule has 7 heteroatoms. The van der Waals surface area contributed by atoms with E-state index in [4.69, 9.17) is 9.47 Å². The minimum absolute atomic E-state index is 0.0963. The third-order valence-corrected chi connectivity index (χ3v) is 7.77. The van der Waals surface area contributed by atoms with Gasteiger partial charge in [0, 0.05) is 30.3 Å². The number of nitrogens with one attached hydrogen (secondary N) is 1. The molecular formula is C27H33N3O4. The molecule has 7 nitrogen and oxygen atoms in total. The van der Waals surface area contributed by atoms with Gasteiger partial charge in [-0.25, -0.2) is 4.79 Å². The fraction of sp³-hybridized carbons (Fsp3) is 0.481. The lowest BCUT2D eigenvalue weighted by molar-refractivity contribution is -0.148. The number of methoxy groups -OCH3 is 2. The monoisotopic (exact) mass is 463 g/mol. The fourth-order valence-corrected chi connectivity index (χ4v) is 6.09. The molecule has 3 aliphatic heterocycles. The SMILES string of the molecule is COc1ccc(OC)c2c1CCN1C(=O)[C@H]3CCCN(C(=O)N[C@H](C)c4ccccc4)[C@H]3C[C@@H]21. The second-order valence-corrected chi connectivity index (χ2v) is 9.49. The lowest BCUT2D eigenvalue weighted by Gasteiger charge is -2.51. The summed E-state index contributed by atoms with van der Waals surface area (Å²) in [7, 11) is 3.34. The van der Waals surface area contributed by atoms with Crippen LogP contribution in [0, 0.1) is 5.92 Å². The summed E-state index contributed by atoms with van der Waals surface area (Å²) < 4.78 is 11.4. The molecule has 5 rings (SSSR count). The van der Waals surface area contributed by atoms with Crippen LogP contribution >= 0.6 is 0 Å². The summed E-state index contributed by atoms with van der Waals surface area (Å²) in [4.78, 5) is 31.0. The molecule has 3 aliphatic rings. The third-order valence-electron chi connectivity index (χ3n) is 7.77. The highest BCUT2D eigenvalue weighted by Crippen LogP contribution is 2.48. The molecule has 2 aromatic carbocycles. The Labute approximate surface area is 201 Å². The van der Waals surface area contributed by atoms with Crippen molar-refractivity contribution in [3.8, 4) is 11.5 Å². The minimum atomic E-state index is -0.152. The van der Waals surface area contributed by atoms with Crippen molar-refractivity contribution in [2.45, 2.75) is 50.7 Å². The van der Waals surface area contributed by atoms with Crippen LogP contribution in [-0.2, 0) is 11.2 Å².